The summed E-state index contributed by atoms with van der Waals surface area (Å²) in [6.07, 6.45) is 14.9. The van der Waals surface area contributed by atoms with Crippen molar-refractivity contribution in [1.29, 1.82) is 0 Å². The van der Waals surface area contributed by atoms with Gasteiger partial charge in [-0.15, -0.1) is 0 Å². The first-order chi connectivity index (χ1) is 8.31. The molecular weight excluding hydrogens is 206 g/mol. The van der Waals surface area contributed by atoms with Gasteiger partial charge in [-0.1, -0.05) is 39.0 Å². The average Bonchev–Trinajstić information content (AvgIpc) is 2.40. The van der Waals surface area contributed by atoms with Crippen molar-refractivity contribution < 1.29 is 0 Å². The molecule has 0 heterocycles. The van der Waals surface area contributed by atoms with Gasteiger partial charge in [-0.05, 0) is 56.9 Å². The second kappa shape index (κ2) is 6.78. The van der Waals surface area contributed by atoms with Crippen LogP contribution in [0.25, 0.3) is 0 Å². The number of hydrogen-bond donors (Lipinski definition) is 1. The van der Waals surface area contributed by atoms with E-state index in [1.165, 1.54) is 57.8 Å². The van der Waals surface area contributed by atoms with Crippen LogP contribution in [0.1, 0.15) is 71.1 Å². The summed E-state index contributed by atoms with van der Waals surface area (Å²) in [7, 11) is 2.12. The highest BCUT2D eigenvalue weighted by Gasteiger charge is 2.25. The minimum absolute atomic E-state index is 0.821. The van der Waals surface area contributed by atoms with E-state index in [1.807, 2.05) is 0 Å². The predicted molar refractivity (Wildman–Crippen MR) is 75.2 cm³/mol. The summed E-state index contributed by atoms with van der Waals surface area (Å²) in [4.78, 5) is 0. The lowest BCUT2D eigenvalue weighted by Gasteiger charge is -2.33. The van der Waals surface area contributed by atoms with Crippen LogP contribution in [0, 0.1) is 17.8 Å². The van der Waals surface area contributed by atoms with Crippen LogP contribution in [0.4, 0.5) is 0 Å². The molecule has 0 unspecified atom stereocenters. The Balaban J connectivity index is 1.65. The summed E-state index contributed by atoms with van der Waals surface area (Å²) >= 11 is 0. The molecule has 0 spiro atoms. The molecule has 0 aromatic heterocycles. The number of hydrogen-bond acceptors (Lipinski definition) is 1. The zero-order valence-corrected chi connectivity index (χ0v) is 11.9. The predicted octanol–water partition coefficient (Wildman–Crippen LogP) is 4.37. The van der Waals surface area contributed by atoms with Crippen molar-refractivity contribution in [2.24, 2.45) is 17.8 Å². The summed E-state index contributed by atoms with van der Waals surface area (Å²) < 4.78 is 0. The van der Waals surface area contributed by atoms with Gasteiger partial charge in [0.15, 0.2) is 0 Å². The van der Waals surface area contributed by atoms with Gasteiger partial charge in [-0.25, -0.2) is 0 Å². The molecule has 0 atom stereocenters. The Morgan fingerprint density at radius 1 is 0.765 bits per heavy atom. The lowest BCUT2D eigenvalue weighted by atomic mass is 9.74. The molecular formula is C16H31N. The van der Waals surface area contributed by atoms with Crippen LogP contribution in [0.15, 0.2) is 0 Å². The van der Waals surface area contributed by atoms with Crippen molar-refractivity contribution in [3.8, 4) is 0 Å². The van der Waals surface area contributed by atoms with Crippen LogP contribution in [0.2, 0.25) is 0 Å². The molecule has 2 aliphatic rings. The molecule has 0 amide bonds. The van der Waals surface area contributed by atoms with E-state index in [-0.39, 0.29) is 0 Å². The number of nitrogens with one attached hydrogen (secondary N) is 1. The highest BCUT2D eigenvalue weighted by atomic mass is 14.9. The first kappa shape index (κ1) is 13.4. The van der Waals surface area contributed by atoms with E-state index in [0.29, 0.717) is 0 Å². The Hall–Kier alpha value is -0.0400. The molecule has 1 N–H and O–H groups in total. The Morgan fingerprint density at radius 2 is 1.24 bits per heavy atom. The normalized spacial score (nSPS) is 39.2. The minimum Gasteiger partial charge on any atom is -0.317 e. The smallest absolute Gasteiger partial charge is 0.00642 e. The van der Waals surface area contributed by atoms with Gasteiger partial charge in [0.2, 0.25) is 0 Å². The van der Waals surface area contributed by atoms with Gasteiger partial charge in [0.05, 0.1) is 0 Å². The van der Waals surface area contributed by atoms with E-state index in [0.717, 1.165) is 23.8 Å². The second-order valence-corrected chi connectivity index (χ2v) is 6.54. The van der Waals surface area contributed by atoms with Crippen molar-refractivity contribution in [2.45, 2.75) is 77.2 Å². The van der Waals surface area contributed by atoms with Crippen LogP contribution in [-0.4, -0.2) is 13.1 Å². The first-order valence-electron chi connectivity index (χ1n) is 7.99. The summed E-state index contributed by atoms with van der Waals surface area (Å²) in [6.45, 7) is 2.37. The largest absolute Gasteiger partial charge is 0.317 e. The zero-order chi connectivity index (χ0) is 12.1. The molecule has 0 saturated heterocycles. The maximum atomic E-state index is 3.44. The monoisotopic (exact) mass is 237 g/mol. The molecule has 0 bridgehead atoms. The summed E-state index contributed by atoms with van der Waals surface area (Å²) in [6, 6.07) is 0.821. The van der Waals surface area contributed by atoms with Crippen molar-refractivity contribution in [3.05, 3.63) is 0 Å². The SMILES string of the molecule is CCC1CCC(CC2CCC(NC)CC2)CC1. The lowest BCUT2D eigenvalue weighted by molar-refractivity contribution is 0.199. The fourth-order valence-corrected chi connectivity index (χ4v) is 4.03. The highest BCUT2D eigenvalue weighted by molar-refractivity contribution is 4.80. The van der Waals surface area contributed by atoms with Gasteiger partial charge in [0, 0.05) is 6.04 Å². The average molecular weight is 237 g/mol. The lowest BCUT2D eigenvalue weighted by Crippen LogP contribution is -2.31. The molecule has 0 aliphatic heterocycles. The molecule has 0 aromatic carbocycles. The van der Waals surface area contributed by atoms with E-state index in [1.54, 1.807) is 6.42 Å². The van der Waals surface area contributed by atoms with Crippen LogP contribution < -0.4 is 5.32 Å². The fraction of sp³-hybridized carbons (Fsp3) is 1.00. The van der Waals surface area contributed by atoms with Gasteiger partial charge >= 0.3 is 0 Å². The van der Waals surface area contributed by atoms with E-state index in [2.05, 4.69) is 19.3 Å². The van der Waals surface area contributed by atoms with Gasteiger partial charge in [0.25, 0.3) is 0 Å². The number of rotatable bonds is 4. The topological polar surface area (TPSA) is 12.0 Å². The van der Waals surface area contributed by atoms with E-state index < -0.39 is 0 Å². The van der Waals surface area contributed by atoms with Crippen LogP contribution in [-0.2, 0) is 0 Å². The van der Waals surface area contributed by atoms with E-state index >= 15 is 0 Å². The molecule has 2 aliphatic carbocycles. The van der Waals surface area contributed by atoms with Crippen molar-refractivity contribution in [3.63, 3.8) is 0 Å². The molecule has 0 radical (unpaired) electrons. The molecule has 100 valence electrons. The first-order valence-corrected chi connectivity index (χ1v) is 7.99. The van der Waals surface area contributed by atoms with Gasteiger partial charge in [-0.2, -0.15) is 0 Å². The van der Waals surface area contributed by atoms with E-state index in [9.17, 15) is 0 Å². The van der Waals surface area contributed by atoms with E-state index in [4.69, 9.17) is 0 Å². The zero-order valence-electron chi connectivity index (χ0n) is 11.9. The maximum Gasteiger partial charge on any atom is 0.00642 e. The Labute approximate surface area is 108 Å². The third-order valence-electron chi connectivity index (χ3n) is 5.47. The third kappa shape index (κ3) is 3.98. The van der Waals surface area contributed by atoms with Crippen LogP contribution >= 0.6 is 0 Å². The Bertz CT molecular complexity index is 176. The Kier molecular flexibility index (Phi) is 5.34. The van der Waals surface area contributed by atoms with Crippen LogP contribution in [0.5, 0.6) is 0 Å². The summed E-state index contributed by atoms with van der Waals surface area (Å²) in [5, 5.41) is 3.44. The second-order valence-electron chi connectivity index (χ2n) is 6.54. The molecule has 0 aromatic rings. The molecule has 1 nitrogen and oxygen atoms in total. The maximum absolute atomic E-state index is 3.44. The Morgan fingerprint density at radius 3 is 1.71 bits per heavy atom. The van der Waals surface area contributed by atoms with Crippen LogP contribution in [0.3, 0.4) is 0 Å². The summed E-state index contributed by atoms with van der Waals surface area (Å²) in [5.41, 5.74) is 0. The summed E-state index contributed by atoms with van der Waals surface area (Å²) in [5.74, 6) is 3.20. The van der Waals surface area contributed by atoms with Gasteiger partial charge in [0.1, 0.15) is 0 Å². The molecule has 1 heteroatoms. The highest BCUT2D eigenvalue weighted by Crippen LogP contribution is 2.37. The van der Waals surface area contributed by atoms with Crippen molar-refractivity contribution in [2.75, 3.05) is 7.05 Å². The molecule has 2 saturated carbocycles. The molecule has 2 rings (SSSR count). The quantitative estimate of drug-likeness (QED) is 0.765. The van der Waals surface area contributed by atoms with Crippen molar-refractivity contribution in [1.82, 2.24) is 5.32 Å². The third-order valence-corrected chi connectivity index (χ3v) is 5.47. The standard InChI is InChI=1S/C16H31N/c1-3-13-4-6-14(7-5-13)12-15-8-10-16(17-2)11-9-15/h13-17H,3-12H2,1-2H3. The minimum atomic E-state index is 0.821. The van der Waals surface area contributed by atoms with Crippen molar-refractivity contribution >= 4 is 0 Å². The van der Waals surface area contributed by atoms with Gasteiger partial charge in [-0.3, -0.25) is 0 Å². The molecule has 17 heavy (non-hydrogen) atoms. The fourth-order valence-electron chi connectivity index (χ4n) is 4.03. The van der Waals surface area contributed by atoms with Gasteiger partial charge < -0.3 is 5.32 Å². The molecule has 2 fully saturated rings.